The molecule has 0 saturated heterocycles. The number of aryl methyl sites for hydroxylation is 1. The molecule has 4 nitrogen and oxygen atoms in total. The van der Waals surface area contributed by atoms with Crippen LogP contribution in [0.3, 0.4) is 0 Å². The first-order valence-corrected chi connectivity index (χ1v) is 10.2. The van der Waals surface area contributed by atoms with Crippen LogP contribution in [0, 0.1) is 19.7 Å². The predicted octanol–water partition coefficient (Wildman–Crippen LogP) is 4.81. The summed E-state index contributed by atoms with van der Waals surface area (Å²) in [6.45, 7) is 4.18. The summed E-state index contributed by atoms with van der Waals surface area (Å²) < 4.78 is 20.8. The van der Waals surface area contributed by atoms with Crippen molar-refractivity contribution in [2.24, 2.45) is 0 Å². The highest BCUT2D eigenvalue weighted by molar-refractivity contribution is 8.00. The van der Waals surface area contributed by atoms with E-state index in [-0.39, 0.29) is 24.0 Å². The lowest BCUT2D eigenvalue weighted by molar-refractivity contribution is -0.139. The van der Waals surface area contributed by atoms with Crippen LogP contribution in [-0.4, -0.2) is 28.7 Å². The summed E-state index contributed by atoms with van der Waals surface area (Å²) in [5.41, 5.74) is 3.50. The molecule has 1 heterocycles. The zero-order valence-corrected chi connectivity index (χ0v) is 17.2. The Morgan fingerprint density at radius 1 is 1.03 bits per heavy atom. The Kier molecular flexibility index (Phi) is 6.88. The third-order valence-corrected chi connectivity index (χ3v) is 5.63. The van der Waals surface area contributed by atoms with Gasteiger partial charge in [0.1, 0.15) is 5.82 Å². The van der Waals surface area contributed by atoms with Gasteiger partial charge in [-0.15, -0.1) is 11.8 Å². The number of aromatic nitrogens is 1. The minimum atomic E-state index is -0.551. The standard InChI is InChI=1S/C23H22FNO3S/c1-16-12-19(17(2)25(16)13-18-8-4-3-5-9-18)21(26)14-28-23(27)15-29-22-11-7-6-10-20(22)24/h3-12H,13-15H2,1-2H3. The van der Waals surface area contributed by atoms with Crippen molar-refractivity contribution in [3.63, 3.8) is 0 Å². The van der Waals surface area contributed by atoms with Gasteiger partial charge in [0.15, 0.2) is 6.61 Å². The molecule has 0 radical (unpaired) electrons. The molecular formula is C23H22FNO3S. The number of esters is 1. The van der Waals surface area contributed by atoms with Crippen molar-refractivity contribution in [1.82, 2.24) is 4.57 Å². The van der Waals surface area contributed by atoms with Crippen LogP contribution in [0.15, 0.2) is 65.6 Å². The SMILES string of the molecule is Cc1cc(C(=O)COC(=O)CSc2ccccc2F)c(C)n1Cc1ccccc1. The normalized spacial score (nSPS) is 10.7. The molecule has 0 spiro atoms. The van der Waals surface area contributed by atoms with Gasteiger partial charge in [-0.25, -0.2) is 4.39 Å². The van der Waals surface area contributed by atoms with Gasteiger partial charge in [0.05, 0.1) is 5.75 Å². The Labute approximate surface area is 173 Å². The second-order valence-electron chi connectivity index (χ2n) is 6.66. The maximum Gasteiger partial charge on any atom is 0.316 e. The molecule has 0 aliphatic rings. The molecule has 0 atom stereocenters. The van der Waals surface area contributed by atoms with Crippen LogP contribution in [0.5, 0.6) is 0 Å². The Balaban J connectivity index is 1.57. The van der Waals surface area contributed by atoms with Crippen molar-refractivity contribution in [3.05, 3.63) is 89.0 Å². The van der Waals surface area contributed by atoms with E-state index in [0.717, 1.165) is 28.7 Å². The third kappa shape index (κ3) is 5.35. The third-order valence-electron chi connectivity index (χ3n) is 4.60. The predicted molar refractivity (Wildman–Crippen MR) is 112 cm³/mol. The number of carbonyl (C=O) groups is 2. The maximum atomic E-state index is 13.6. The number of ether oxygens (including phenoxy) is 1. The number of carbonyl (C=O) groups excluding carboxylic acids is 2. The zero-order valence-electron chi connectivity index (χ0n) is 16.4. The first kappa shape index (κ1) is 20.9. The van der Waals surface area contributed by atoms with Crippen LogP contribution in [0.2, 0.25) is 0 Å². The van der Waals surface area contributed by atoms with Gasteiger partial charge < -0.3 is 9.30 Å². The summed E-state index contributed by atoms with van der Waals surface area (Å²) in [5.74, 6) is -1.24. The number of Topliss-reactive ketones (excluding diaryl/α,β-unsaturated/α-hetero) is 1. The summed E-state index contributed by atoms with van der Waals surface area (Å²) in [7, 11) is 0. The first-order valence-electron chi connectivity index (χ1n) is 9.22. The molecule has 0 saturated carbocycles. The lowest BCUT2D eigenvalue weighted by Gasteiger charge is -2.10. The van der Waals surface area contributed by atoms with Gasteiger partial charge >= 0.3 is 5.97 Å². The fourth-order valence-corrected chi connectivity index (χ4v) is 3.79. The molecule has 29 heavy (non-hydrogen) atoms. The Hall–Kier alpha value is -2.86. The van der Waals surface area contributed by atoms with E-state index in [2.05, 4.69) is 4.57 Å². The van der Waals surface area contributed by atoms with E-state index in [0.29, 0.717) is 17.0 Å². The van der Waals surface area contributed by atoms with Crippen LogP contribution in [0.4, 0.5) is 4.39 Å². The van der Waals surface area contributed by atoms with Gasteiger partial charge in [-0.1, -0.05) is 42.5 Å². The van der Waals surface area contributed by atoms with E-state index in [1.807, 2.05) is 50.2 Å². The molecule has 1 aromatic heterocycles. The minimum absolute atomic E-state index is 0.0543. The fraction of sp³-hybridized carbons (Fsp3) is 0.217. The molecule has 0 aliphatic heterocycles. The molecule has 0 fully saturated rings. The molecular weight excluding hydrogens is 389 g/mol. The monoisotopic (exact) mass is 411 g/mol. The van der Waals surface area contributed by atoms with E-state index >= 15 is 0 Å². The van der Waals surface area contributed by atoms with Crippen LogP contribution in [0.25, 0.3) is 0 Å². The Morgan fingerprint density at radius 3 is 2.45 bits per heavy atom. The molecule has 6 heteroatoms. The van der Waals surface area contributed by atoms with Crippen LogP contribution in [0.1, 0.15) is 27.3 Å². The van der Waals surface area contributed by atoms with Crippen molar-refractivity contribution in [3.8, 4) is 0 Å². The summed E-state index contributed by atoms with van der Waals surface area (Å²) >= 11 is 1.05. The van der Waals surface area contributed by atoms with Crippen molar-refractivity contribution in [1.29, 1.82) is 0 Å². The zero-order chi connectivity index (χ0) is 20.8. The molecule has 150 valence electrons. The quantitative estimate of drug-likeness (QED) is 0.303. The van der Waals surface area contributed by atoms with Gasteiger partial charge in [0.2, 0.25) is 5.78 Å². The number of halogens is 1. The number of benzene rings is 2. The number of rotatable bonds is 8. The van der Waals surface area contributed by atoms with Crippen LogP contribution < -0.4 is 0 Å². The minimum Gasteiger partial charge on any atom is -0.457 e. The molecule has 3 aromatic rings. The van der Waals surface area contributed by atoms with Crippen molar-refractivity contribution >= 4 is 23.5 Å². The van der Waals surface area contributed by atoms with E-state index in [1.165, 1.54) is 6.07 Å². The van der Waals surface area contributed by atoms with Gasteiger partial charge in [-0.3, -0.25) is 9.59 Å². The van der Waals surface area contributed by atoms with Crippen molar-refractivity contribution < 1.29 is 18.7 Å². The lowest BCUT2D eigenvalue weighted by Crippen LogP contribution is -2.16. The second kappa shape index (κ2) is 9.56. The van der Waals surface area contributed by atoms with E-state index < -0.39 is 5.97 Å². The van der Waals surface area contributed by atoms with Gasteiger partial charge in [-0.2, -0.15) is 0 Å². The molecule has 2 aromatic carbocycles. The highest BCUT2D eigenvalue weighted by Crippen LogP contribution is 2.21. The maximum absolute atomic E-state index is 13.6. The average molecular weight is 411 g/mol. The smallest absolute Gasteiger partial charge is 0.316 e. The Bertz CT molecular complexity index is 1010. The molecule has 0 N–H and O–H groups in total. The Morgan fingerprint density at radius 2 is 1.72 bits per heavy atom. The average Bonchev–Trinajstić information content (AvgIpc) is 3.00. The van der Waals surface area contributed by atoms with Gasteiger partial charge in [0, 0.05) is 28.4 Å². The number of hydrogen-bond donors (Lipinski definition) is 0. The molecule has 0 amide bonds. The van der Waals surface area contributed by atoms with Crippen LogP contribution in [-0.2, 0) is 16.1 Å². The van der Waals surface area contributed by atoms with Gasteiger partial charge in [-0.05, 0) is 37.6 Å². The van der Waals surface area contributed by atoms with Crippen LogP contribution >= 0.6 is 11.8 Å². The summed E-state index contributed by atoms with van der Waals surface area (Å²) in [5, 5.41) is 0. The summed E-state index contributed by atoms with van der Waals surface area (Å²) in [4.78, 5) is 24.9. The first-order chi connectivity index (χ1) is 14.0. The fourth-order valence-electron chi connectivity index (χ4n) is 3.06. The number of thioether (sulfide) groups is 1. The van der Waals surface area contributed by atoms with E-state index in [1.54, 1.807) is 18.2 Å². The second-order valence-corrected chi connectivity index (χ2v) is 7.68. The molecule has 3 rings (SSSR count). The summed E-state index contributed by atoms with van der Waals surface area (Å²) in [6, 6.07) is 18.0. The highest BCUT2D eigenvalue weighted by Gasteiger charge is 2.18. The van der Waals surface area contributed by atoms with Crippen molar-refractivity contribution in [2.45, 2.75) is 25.3 Å². The highest BCUT2D eigenvalue weighted by atomic mass is 32.2. The van der Waals surface area contributed by atoms with Gasteiger partial charge in [0.25, 0.3) is 0 Å². The summed E-state index contributed by atoms with van der Waals surface area (Å²) in [6.07, 6.45) is 0. The van der Waals surface area contributed by atoms with Crippen molar-refractivity contribution in [2.75, 3.05) is 12.4 Å². The molecule has 0 aliphatic carbocycles. The largest absolute Gasteiger partial charge is 0.457 e. The lowest BCUT2D eigenvalue weighted by atomic mass is 10.1. The topological polar surface area (TPSA) is 48.3 Å². The number of ketones is 1. The molecule has 0 bridgehead atoms. The molecule has 0 unspecified atom stereocenters. The number of hydrogen-bond acceptors (Lipinski definition) is 4. The van der Waals surface area contributed by atoms with E-state index in [4.69, 9.17) is 4.74 Å². The van der Waals surface area contributed by atoms with E-state index in [9.17, 15) is 14.0 Å². The number of nitrogens with zero attached hydrogens (tertiary/aromatic N) is 1.